The van der Waals surface area contributed by atoms with E-state index in [1.54, 1.807) is 11.3 Å². The SMILES string of the molecule is CCC(CC)C(=O)/C=C(\O)C(CC)CC.Cc1c(-c2ccc(CC(C)(C)CF)cc2)sc2c(-c3[c-]c4ccccc4c(C(C)(C)C)c3)nccc12.[Ir]. The van der Waals surface area contributed by atoms with E-state index in [2.05, 4.69) is 94.4 Å². The molecule has 0 spiro atoms. The van der Waals surface area contributed by atoms with Crippen LogP contribution < -0.4 is 0 Å². The molecule has 52 heavy (non-hydrogen) atoms. The number of aliphatic hydroxyl groups is 1. The Kier molecular flexibility index (Phi) is 15.6. The molecule has 0 aliphatic heterocycles. The number of rotatable bonds is 12. The van der Waals surface area contributed by atoms with Crippen molar-refractivity contribution in [2.24, 2.45) is 17.3 Å². The van der Waals surface area contributed by atoms with E-state index < -0.39 is 0 Å². The zero-order valence-electron chi connectivity index (χ0n) is 32.7. The third kappa shape index (κ3) is 10.3. The van der Waals surface area contributed by atoms with Gasteiger partial charge in [-0.25, -0.2) is 0 Å². The molecule has 2 heterocycles. The summed E-state index contributed by atoms with van der Waals surface area (Å²) in [7, 11) is 0. The van der Waals surface area contributed by atoms with Gasteiger partial charge in [0.2, 0.25) is 0 Å². The van der Waals surface area contributed by atoms with Crippen molar-refractivity contribution in [1.82, 2.24) is 4.98 Å². The number of nitrogens with zero attached hydrogens (tertiary/aromatic N) is 1. The Morgan fingerprint density at radius 3 is 2.10 bits per heavy atom. The van der Waals surface area contributed by atoms with Crippen LogP contribution in [0.4, 0.5) is 4.39 Å². The number of thiophene rings is 1. The number of ketones is 1. The average Bonchev–Trinajstić information content (AvgIpc) is 3.45. The van der Waals surface area contributed by atoms with Gasteiger partial charge >= 0.3 is 0 Å². The quantitative estimate of drug-likeness (QED) is 0.0771. The minimum atomic E-state index is -0.335. The first-order chi connectivity index (χ1) is 24.2. The molecule has 281 valence electrons. The second kappa shape index (κ2) is 18.7. The van der Waals surface area contributed by atoms with Gasteiger partial charge in [-0.05, 0) is 78.0 Å². The topological polar surface area (TPSA) is 50.2 Å². The van der Waals surface area contributed by atoms with E-state index in [1.807, 2.05) is 47.7 Å². The van der Waals surface area contributed by atoms with Gasteiger partial charge in [-0.1, -0.05) is 116 Å². The molecule has 3 aromatic carbocycles. The fraction of sp³-hybridized carbons (Fsp3) is 0.435. The predicted octanol–water partition coefficient (Wildman–Crippen LogP) is 13.6. The predicted molar refractivity (Wildman–Crippen MR) is 218 cm³/mol. The Bertz CT molecular complexity index is 1960. The van der Waals surface area contributed by atoms with Gasteiger partial charge in [-0.2, -0.15) is 0 Å². The first kappa shape index (κ1) is 43.2. The molecule has 3 nitrogen and oxygen atoms in total. The van der Waals surface area contributed by atoms with Crippen LogP contribution in [-0.2, 0) is 36.7 Å². The van der Waals surface area contributed by atoms with Gasteiger partial charge in [-0.3, -0.25) is 14.2 Å². The molecule has 5 aromatic rings. The number of aromatic nitrogens is 1. The van der Waals surface area contributed by atoms with E-state index in [1.165, 1.54) is 48.7 Å². The number of hydrogen-bond donors (Lipinski definition) is 1. The minimum Gasteiger partial charge on any atom is -0.512 e. The van der Waals surface area contributed by atoms with Gasteiger partial charge in [-0.15, -0.1) is 40.5 Å². The summed E-state index contributed by atoms with van der Waals surface area (Å²) >= 11 is 1.80. The Hall–Kier alpha value is -3.18. The molecule has 0 amide bonds. The number of carbonyl (C=O) groups is 1. The fourth-order valence-electron chi connectivity index (χ4n) is 6.75. The number of aliphatic hydroxyl groups excluding tert-OH is 1. The number of carbonyl (C=O) groups excluding carboxylic acids is 1. The van der Waals surface area contributed by atoms with Crippen molar-refractivity contribution in [2.45, 2.75) is 107 Å². The molecule has 0 saturated heterocycles. The van der Waals surface area contributed by atoms with E-state index in [4.69, 9.17) is 4.98 Å². The second-order valence-electron chi connectivity index (χ2n) is 15.7. The van der Waals surface area contributed by atoms with E-state index in [9.17, 15) is 14.3 Å². The van der Waals surface area contributed by atoms with Crippen LogP contribution in [0, 0.1) is 30.2 Å². The maximum absolute atomic E-state index is 13.3. The van der Waals surface area contributed by atoms with Gasteiger partial charge in [0.15, 0.2) is 5.78 Å². The molecule has 0 bridgehead atoms. The van der Waals surface area contributed by atoms with Crippen LogP contribution in [0.25, 0.3) is 42.6 Å². The largest absolute Gasteiger partial charge is 0.512 e. The van der Waals surface area contributed by atoms with Crippen molar-refractivity contribution < 1.29 is 34.4 Å². The number of aryl methyl sites for hydroxylation is 1. The molecule has 2 aromatic heterocycles. The third-order valence-corrected chi connectivity index (χ3v) is 11.4. The second-order valence-corrected chi connectivity index (χ2v) is 16.7. The summed E-state index contributed by atoms with van der Waals surface area (Å²) < 4.78 is 14.5. The molecule has 5 rings (SSSR count). The summed E-state index contributed by atoms with van der Waals surface area (Å²) in [6.07, 6.45) is 7.56. The first-order valence-corrected chi connectivity index (χ1v) is 19.4. The van der Waals surface area contributed by atoms with Crippen LogP contribution in [0.1, 0.15) is 105 Å². The normalized spacial score (nSPS) is 12.3. The molecule has 0 fully saturated rings. The molecule has 0 atom stereocenters. The van der Waals surface area contributed by atoms with Crippen LogP contribution in [0.2, 0.25) is 0 Å². The van der Waals surface area contributed by atoms with Crippen LogP contribution >= 0.6 is 11.3 Å². The Labute approximate surface area is 329 Å². The number of hydrogen-bond acceptors (Lipinski definition) is 4. The van der Waals surface area contributed by atoms with E-state index in [0.717, 1.165) is 48.7 Å². The molecular formula is C46H57FIrNO2S-. The molecule has 1 radical (unpaired) electrons. The van der Waals surface area contributed by atoms with Crippen molar-refractivity contribution >= 4 is 38.0 Å². The summed E-state index contributed by atoms with van der Waals surface area (Å²) in [6.45, 7) is 20.7. The number of pyridine rings is 1. The van der Waals surface area contributed by atoms with E-state index >= 15 is 0 Å². The van der Waals surface area contributed by atoms with Crippen molar-refractivity contribution in [3.8, 4) is 21.7 Å². The number of fused-ring (bicyclic) bond motifs is 2. The van der Waals surface area contributed by atoms with Gasteiger partial charge < -0.3 is 5.11 Å². The zero-order chi connectivity index (χ0) is 37.5. The van der Waals surface area contributed by atoms with Gasteiger partial charge in [0.25, 0.3) is 0 Å². The van der Waals surface area contributed by atoms with Gasteiger partial charge in [0.05, 0.1) is 12.4 Å². The standard InChI is InChI=1S/C33H33FNS.C13H24O2.Ir/c1-21-26-15-16-35-29(25-17-24-9-7-8-10-27(24)28(18-25)32(2,3)4)31(26)36-30(21)23-13-11-22(12-14-23)19-33(5,6)20-34;1-5-10(6-2)12(14)9-13(15)11(7-3)8-4;/h7-16,18H,19-20H2,1-6H3;9-11,14H,5-8H2,1-4H3;/q-1;;/b;12-9-;. The molecule has 0 aliphatic rings. The number of benzene rings is 3. The molecule has 1 N–H and O–H groups in total. The molecule has 6 heteroatoms. The van der Waals surface area contributed by atoms with E-state index in [0.29, 0.717) is 0 Å². The van der Waals surface area contributed by atoms with Crippen LogP contribution in [0.3, 0.4) is 0 Å². The van der Waals surface area contributed by atoms with Gasteiger partial charge in [0, 0.05) is 59.5 Å². The maximum atomic E-state index is 13.3. The number of halogens is 1. The minimum absolute atomic E-state index is 0. The summed E-state index contributed by atoms with van der Waals surface area (Å²) in [5.74, 6) is 0.547. The van der Waals surface area contributed by atoms with Crippen molar-refractivity contribution in [2.75, 3.05) is 6.67 Å². The third-order valence-electron chi connectivity index (χ3n) is 10.0. The smallest absolute Gasteiger partial charge is 0.162 e. The maximum Gasteiger partial charge on any atom is 0.162 e. The fourth-order valence-corrected chi connectivity index (χ4v) is 8.06. The van der Waals surface area contributed by atoms with Gasteiger partial charge in [0.1, 0.15) is 0 Å². The Morgan fingerprint density at radius 2 is 1.52 bits per heavy atom. The van der Waals surface area contributed by atoms with Crippen molar-refractivity contribution in [3.63, 3.8) is 0 Å². The Morgan fingerprint density at radius 1 is 0.904 bits per heavy atom. The summed E-state index contributed by atoms with van der Waals surface area (Å²) in [4.78, 5) is 17.8. The van der Waals surface area contributed by atoms with Crippen LogP contribution in [0.15, 0.2) is 78.7 Å². The first-order valence-electron chi connectivity index (χ1n) is 18.6. The van der Waals surface area contributed by atoms with Crippen molar-refractivity contribution in [3.05, 3.63) is 101 Å². The molecule has 0 saturated carbocycles. The Balaban J connectivity index is 0.000000389. The van der Waals surface area contributed by atoms with Crippen molar-refractivity contribution in [1.29, 1.82) is 0 Å². The molecule has 0 unspecified atom stereocenters. The van der Waals surface area contributed by atoms with E-state index in [-0.39, 0.29) is 61.0 Å². The number of alkyl halides is 1. The number of allylic oxidation sites excluding steroid dienone is 2. The zero-order valence-corrected chi connectivity index (χ0v) is 36.0. The monoisotopic (exact) mass is 899 g/mol. The molecule has 0 aliphatic carbocycles. The van der Waals surface area contributed by atoms with Crippen LogP contribution in [0.5, 0.6) is 0 Å². The molecular weight excluding hydrogens is 842 g/mol. The summed E-state index contributed by atoms with van der Waals surface area (Å²) in [5, 5.41) is 13.4. The average molecular weight is 899 g/mol. The van der Waals surface area contributed by atoms with Crippen LogP contribution in [-0.4, -0.2) is 22.5 Å². The summed E-state index contributed by atoms with van der Waals surface area (Å²) in [6, 6.07) is 25.2. The summed E-state index contributed by atoms with van der Waals surface area (Å²) in [5.41, 5.74) is 6.65.